The quantitative estimate of drug-likeness (QED) is 0.884. The number of aliphatic carboxylic acids is 1. The maximum absolute atomic E-state index is 11.6. The van der Waals surface area contributed by atoms with E-state index in [1.165, 1.54) is 5.56 Å². The lowest BCUT2D eigenvalue weighted by atomic mass is 9.78. The van der Waals surface area contributed by atoms with Crippen molar-refractivity contribution in [3.05, 3.63) is 71.8 Å². The highest BCUT2D eigenvalue weighted by Crippen LogP contribution is 2.29. The first-order valence-electron chi connectivity index (χ1n) is 6.46. The number of aryl methyl sites for hydroxylation is 1. The lowest BCUT2D eigenvalue weighted by Gasteiger charge is -2.25. The second-order valence-corrected chi connectivity index (χ2v) is 4.99. The molecule has 1 atom stereocenters. The standard InChI is InChI=1S/C17H18O2/c1-17(16(18)19,15-10-6-3-7-11-15)13-12-14-8-4-2-5-9-14/h2-11H,12-13H2,1H3,(H,18,19). The molecule has 1 unspecified atom stereocenters. The van der Waals surface area contributed by atoms with Crippen molar-refractivity contribution >= 4 is 5.97 Å². The number of carbonyl (C=O) groups is 1. The van der Waals surface area contributed by atoms with Gasteiger partial charge in [0.05, 0.1) is 5.41 Å². The maximum atomic E-state index is 11.6. The molecule has 2 rings (SSSR count). The van der Waals surface area contributed by atoms with Crippen LogP contribution in [-0.4, -0.2) is 11.1 Å². The summed E-state index contributed by atoms with van der Waals surface area (Å²) in [5, 5.41) is 9.56. The first kappa shape index (κ1) is 13.3. The van der Waals surface area contributed by atoms with Crippen molar-refractivity contribution in [2.75, 3.05) is 0 Å². The van der Waals surface area contributed by atoms with Crippen LogP contribution in [0.1, 0.15) is 24.5 Å². The predicted octanol–water partition coefficient (Wildman–Crippen LogP) is 3.66. The third-order valence-corrected chi connectivity index (χ3v) is 3.64. The molecule has 0 amide bonds. The summed E-state index contributed by atoms with van der Waals surface area (Å²) in [7, 11) is 0. The average Bonchev–Trinajstić information content (AvgIpc) is 2.46. The second kappa shape index (κ2) is 5.70. The van der Waals surface area contributed by atoms with Gasteiger partial charge in [-0.2, -0.15) is 0 Å². The number of hydrogen-bond donors (Lipinski definition) is 1. The van der Waals surface area contributed by atoms with E-state index in [9.17, 15) is 9.90 Å². The smallest absolute Gasteiger partial charge is 0.313 e. The van der Waals surface area contributed by atoms with Crippen LogP contribution in [0.25, 0.3) is 0 Å². The summed E-state index contributed by atoms with van der Waals surface area (Å²) >= 11 is 0. The van der Waals surface area contributed by atoms with Crippen molar-refractivity contribution in [2.45, 2.75) is 25.2 Å². The van der Waals surface area contributed by atoms with Crippen molar-refractivity contribution in [1.82, 2.24) is 0 Å². The van der Waals surface area contributed by atoms with Gasteiger partial charge in [0.15, 0.2) is 0 Å². The van der Waals surface area contributed by atoms with E-state index in [0.29, 0.717) is 6.42 Å². The van der Waals surface area contributed by atoms with Crippen LogP contribution in [0.15, 0.2) is 60.7 Å². The highest BCUT2D eigenvalue weighted by molar-refractivity contribution is 5.80. The average molecular weight is 254 g/mol. The molecule has 0 radical (unpaired) electrons. The molecule has 0 bridgehead atoms. The van der Waals surface area contributed by atoms with Gasteiger partial charge < -0.3 is 5.11 Å². The Kier molecular flexibility index (Phi) is 4.00. The molecule has 0 aliphatic carbocycles. The number of benzene rings is 2. The molecular weight excluding hydrogens is 236 g/mol. The van der Waals surface area contributed by atoms with Crippen molar-refractivity contribution in [1.29, 1.82) is 0 Å². The van der Waals surface area contributed by atoms with Gasteiger partial charge in [-0.05, 0) is 30.9 Å². The Hall–Kier alpha value is -2.09. The highest BCUT2D eigenvalue weighted by atomic mass is 16.4. The van der Waals surface area contributed by atoms with Crippen LogP contribution in [0, 0.1) is 0 Å². The van der Waals surface area contributed by atoms with E-state index in [0.717, 1.165) is 12.0 Å². The predicted molar refractivity (Wildman–Crippen MR) is 76.2 cm³/mol. The molecule has 0 aliphatic rings. The lowest BCUT2D eigenvalue weighted by Crippen LogP contribution is -2.33. The zero-order valence-corrected chi connectivity index (χ0v) is 11.0. The minimum absolute atomic E-state index is 0.594. The van der Waals surface area contributed by atoms with Crippen LogP contribution in [0.4, 0.5) is 0 Å². The monoisotopic (exact) mass is 254 g/mol. The van der Waals surface area contributed by atoms with Gasteiger partial charge in [-0.3, -0.25) is 4.79 Å². The van der Waals surface area contributed by atoms with Gasteiger partial charge in [-0.15, -0.1) is 0 Å². The Bertz CT molecular complexity index is 534. The van der Waals surface area contributed by atoms with Crippen molar-refractivity contribution < 1.29 is 9.90 Å². The number of rotatable bonds is 5. The molecule has 0 fully saturated rings. The van der Waals surface area contributed by atoms with Gasteiger partial charge in [-0.1, -0.05) is 60.7 Å². The first-order chi connectivity index (χ1) is 9.13. The third-order valence-electron chi connectivity index (χ3n) is 3.64. The summed E-state index contributed by atoms with van der Waals surface area (Å²) in [6.45, 7) is 1.80. The molecule has 19 heavy (non-hydrogen) atoms. The van der Waals surface area contributed by atoms with Gasteiger partial charge in [0.2, 0.25) is 0 Å². The molecule has 98 valence electrons. The molecule has 0 heterocycles. The van der Waals surface area contributed by atoms with E-state index in [1.807, 2.05) is 60.7 Å². The zero-order valence-electron chi connectivity index (χ0n) is 11.0. The summed E-state index contributed by atoms with van der Waals surface area (Å²) in [5.74, 6) is -0.769. The van der Waals surface area contributed by atoms with E-state index >= 15 is 0 Å². The minimum atomic E-state index is -0.836. The van der Waals surface area contributed by atoms with E-state index in [1.54, 1.807) is 6.92 Å². The Labute approximate surface area is 113 Å². The fourth-order valence-electron chi connectivity index (χ4n) is 2.22. The summed E-state index contributed by atoms with van der Waals surface area (Å²) in [6.07, 6.45) is 1.36. The summed E-state index contributed by atoms with van der Waals surface area (Å²) in [6, 6.07) is 19.5. The van der Waals surface area contributed by atoms with E-state index in [-0.39, 0.29) is 0 Å². The Morgan fingerprint density at radius 2 is 1.53 bits per heavy atom. The summed E-state index contributed by atoms with van der Waals surface area (Å²) < 4.78 is 0. The van der Waals surface area contributed by atoms with Gasteiger partial charge in [0.25, 0.3) is 0 Å². The van der Waals surface area contributed by atoms with E-state index < -0.39 is 11.4 Å². The molecule has 2 heteroatoms. The van der Waals surface area contributed by atoms with E-state index in [2.05, 4.69) is 0 Å². The van der Waals surface area contributed by atoms with Crippen LogP contribution < -0.4 is 0 Å². The molecule has 2 aromatic rings. The fraction of sp³-hybridized carbons (Fsp3) is 0.235. The van der Waals surface area contributed by atoms with Crippen LogP contribution in [0.5, 0.6) is 0 Å². The fourth-order valence-corrected chi connectivity index (χ4v) is 2.22. The summed E-state index contributed by atoms with van der Waals surface area (Å²) in [4.78, 5) is 11.6. The van der Waals surface area contributed by atoms with Crippen LogP contribution in [0.2, 0.25) is 0 Å². The van der Waals surface area contributed by atoms with Crippen LogP contribution in [-0.2, 0) is 16.6 Å². The first-order valence-corrected chi connectivity index (χ1v) is 6.46. The van der Waals surface area contributed by atoms with Gasteiger partial charge in [0.1, 0.15) is 0 Å². The normalized spacial score (nSPS) is 13.7. The Morgan fingerprint density at radius 3 is 2.05 bits per heavy atom. The minimum Gasteiger partial charge on any atom is -0.481 e. The Balaban J connectivity index is 2.19. The van der Waals surface area contributed by atoms with Crippen LogP contribution in [0.3, 0.4) is 0 Å². The number of carboxylic acids is 1. The number of carboxylic acid groups (broad SMARTS) is 1. The molecule has 0 saturated heterocycles. The van der Waals surface area contributed by atoms with Crippen molar-refractivity contribution in [3.63, 3.8) is 0 Å². The molecule has 2 nitrogen and oxygen atoms in total. The second-order valence-electron chi connectivity index (χ2n) is 4.99. The van der Waals surface area contributed by atoms with Gasteiger partial charge >= 0.3 is 5.97 Å². The van der Waals surface area contributed by atoms with Gasteiger partial charge in [0, 0.05) is 0 Å². The third kappa shape index (κ3) is 3.02. The van der Waals surface area contributed by atoms with Crippen molar-refractivity contribution in [2.24, 2.45) is 0 Å². The largest absolute Gasteiger partial charge is 0.481 e. The SMILES string of the molecule is CC(CCc1ccccc1)(C(=O)O)c1ccccc1. The van der Waals surface area contributed by atoms with Gasteiger partial charge in [-0.25, -0.2) is 0 Å². The van der Waals surface area contributed by atoms with E-state index in [4.69, 9.17) is 0 Å². The maximum Gasteiger partial charge on any atom is 0.313 e. The van der Waals surface area contributed by atoms with Crippen LogP contribution >= 0.6 is 0 Å². The molecule has 0 saturated carbocycles. The molecular formula is C17H18O2. The Morgan fingerprint density at radius 1 is 1.00 bits per heavy atom. The molecule has 1 N–H and O–H groups in total. The lowest BCUT2D eigenvalue weighted by molar-refractivity contribution is -0.143. The van der Waals surface area contributed by atoms with Crippen molar-refractivity contribution in [3.8, 4) is 0 Å². The zero-order chi connectivity index (χ0) is 13.7. The number of hydrogen-bond acceptors (Lipinski definition) is 1. The topological polar surface area (TPSA) is 37.3 Å². The molecule has 0 aromatic heterocycles. The molecule has 0 aliphatic heterocycles. The molecule has 2 aromatic carbocycles. The highest BCUT2D eigenvalue weighted by Gasteiger charge is 2.34. The summed E-state index contributed by atoms with van der Waals surface area (Å²) in [5.41, 5.74) is 1.20. The molecule has 0 spiro atoms.